The summed E-state index contributed by atoms with van der Waals surface area (Å²) in [5.41, 5.74) is 8.46. The second-order valence-electron chi connectivity index (χ2n) is 7.46. The van der Waals surface area contributed by atoms with Gasteiger partial charge in [0.25, 0.3) is 0 Å². The second-order valence-corrected chi connectivity index (χ2v) is 8.66. The summed E-state index contributed by atoms with van der Waals surface area (Å²) in [7, 11) is 3.58. The Balaban J connectivity index is 1.60. The summed E-state index contributed by atoms with van der Waals surface area (Å²) >= 11 is 1.65. The maximum absolute atomic E-state index is 12.5. The number of nitrogen functional groups attached to an aromatic ring is 1. The Morgan fingerprint density at radius 3 is 2.82 bits per heavy atom. The van der Waals surface area contributed by atoms with Gasteiger partial charge in [-0.15, -0.1) is 11.3 Å². The number of nitrogens with zero attached hydrogens (tertiary/aromatic N) is 5. The molecule has 0 bridgehead atoms. The minimum atomic E-state index is -0.124. The molecule has 1 amide bonds. The van der Waals surface area contributed by atoms with Crippen LogP contribution in [0.2, 0.25) is 0 Å². The van der Waals surface area contributed by atoms with E-state index >= 15 is 0 Å². The maximum Gasteiger partial charge on any atom is 0.224 e. The van der Waals surface area contributed by atoms with Crippen LogP contribution < -0.4 is 11.1 Å². The number of nitrogens with one attached hydrogen (secondary N) is 1. The Bertz CT molecular complexity index is 1040. The van der Waals surface area contributed by atoms with Crippen molar-refractivity contribution in [3.8, 4) is 0 Å². The first-order chi connectivity index (χ1) is 13.4. The topological polar surface area (TPSA) is 102 Å². The summed E-state index contributed by atoms with van der Waals surface area (Å²) in [6.45, 7) is 6.12. The molecular formula is C19H25N7OS. The van der Waals surface area contributed by atoms with Gasteiger partial charge in [0.05, 0.1) is 24.0 Å². The molecule has 0 spiro atoms. The van der Waals surface area contributed by atoms with E-state index in [4.69, 9.17) is 10.7 Å². The summed E-state index contributed by atoms with van der Waals surface area (Å²) < 4.78 is 1.78. The largest absolute Gasteiger partial charge is 0.383 e. The van der Waals surface area contributed by atoms with Gasteiger partial charge in [-0.05, 0) is 25.0 Å². The highest BCUT2D eigenvalue weighted by Crippen LogP contribution is 2.35. The first-order valence-electron chi connectivity index (χ1n) is 9.32. The van der Waals surface area contributed by atoms with Gasteiger partial charge in [-0.3, -0.25) is 14.4 Å². The number of rotatable bonds is 4. The lowest BCUT2D eigenvalue weighted by Gasteiger charge is -2.15. The van der Waals surface area contributed by atoms with E-state index in [1.165, 1.54) is 4.88 Å². The number of hydrogen-bond donors (Lipinski definition) is 2. The number of anilines is 1. The SMILES string of the molecule is CNC(=O)[C@H]1CN(Cc2nc(N)c3c(C)c(C)sc3n2)C[C@@H]1c1cnn(C)c1. The predicted octanol–water partition coefficient (Wildman–Crippen LogP) is 1.59. The van der Waals surface area contributed by atoms with Crippen LogP contribution in [0.3, 0.4) is 0 Å². The summed E-state index contributed by atoms with van der Waals surface area (Å²) in [6.07, 6.45) is 3.84. The lowest BCUT2D eigenvalue weighted by molar-refractivity contribution is -0.124. The van der Waals surface area contributed by atoms with Crippen LogP contribution >= 0.6 is 11.3 Å². The molecule has 3 aromatic rings. The summed E-state index contributed by atoms with van der Waals surface area (Å²) in [5.74, 6) is 1.26. The number of aromatic nitrogens is 4. The van der Waals surface area contributed by atoms with Crippen molar-refractivity contribution in [1.29, 1.82) is 0 Å². The zero-order valence-electron chi connectivity index (χ0n) is 16.6. The summed E-state index contributed by atoms with van der Waals surface area (Å²) in [6, 6.07) is 0. The van der Waals surface area contributed by atoms with E-state index in [0.29, 0.717) is 24.7 Å². The maximum atomic E-state index is 12.5. The monoisotopic (exact) mass is 399 g/mol. The molecule has 1 aliphatic heterocycles. The Labute approximate surface area is 167 Å². The van der Waals surface area contributed by atoms with Gasteiger partial charge < -0.3 is 11.1 Å². The van der Waals surface area contributed by atoms with Crippen LogP contribution in [0, 0.1) is 19.8 Å². The van der Waals surface area contributed by atoms with Gasteiger partial charge in [0.15, 0.2) is 0 Å². The van der Waals surface area contributed by atoms with Crippen molar-refractivity contribution < 1.29 is 4.79 Å². The number of fused-ring (bicyclic) bond motifs is 1. The van der Waals surface area contributed by atoms with Crippen molar-refractivity contribution in [2.24, 2.45) is 13.0 Å². The highest BCUT2D eigenvalue weighted by atomic mass is 32.1. The molecule has 8 nitrogen and oxygen atoms in total. The third kappa shape index (κ3) is 3.24. The molecule has 28 heavy (non-hydrogen) atoms. The average molecular weight is 400 g/mol. The third-order valence-corrected chi connectivity index (χ3v) is 6.70. The van der Waals surface area contributed by atoms with Crippen molar-refractivity contribution in [3.05, 3.63) is 34.2 Å². The molecule has 0 radical (unpaired) electrons. The van der Waals surface area contributed by atoms with Gasteiger partial charge in [-0.25, -0.2) is 9.97 Å². The van der Waals surface area contributed by atoms with Gasteiger partial charge in [-0.2, -0.15) is 5.10 Å². The van der Waals surface area contributed by atoms with Gasteiger partial charge in [0, 0.05) is 44.2 Å². The van der Waals surface area contributed by atoms with E-state index in [0.717, 1.165) is 27.9 Å². The van der Waals surface area contributed by atoms with Crippen molar-refractivity contribution in [1.82, 2.24) is 30.0 Å². The summed E-state index contributed by atoms with van der Waals surface area (Å²) in [5, 5.41) is 8.03. The number of carbonyl (C=O) groups is 1. The molecule has 1 saturated heterocycles. The fraction of sp³-hybridized carbons (Fsp3) is 0.474. The van der Waals surface area contributed by atoms with Crippen LogP contribution in [0.25, 0.3) is 10.2 Å². The number of aryl methyl sites for hydroxylation is 3. The normalized spacial score (nSPS) is 20.1. The number of nitrogens with two attached hydrogens (primary N) is 1. The molecule has 0 saturated carbocycles. The second kappa shape index (κ2) is 7.14. The summed E-state index contributed by atoms with van der Waals surface area (Å²) in [4.78, 5) is 26.1. The Kier molecular flexibility index (Phi) is 4.80. The van der Waals surface area contributed by atoms with Gasteiger partial charge in [0.2, 0.25) is 5.91 Å². The van der Waals surface area contributed by atoms with E-state index in [9.17, 15) is 4.79 Å². The van der Waals surface area contributed by atoms with Gasteiger partial charge >= 0.3 is 0 Å². The zero-order valence-corrected chi connectivity index (χ0v) is 17.4. The first-order valence-corrected chi connectivity index (χ1v) is 10.1. The van der Waals surface area contributed by atoms with Crippen LogP contribution in [0.1, 0.15) is 27.7 Å². The minimum absolute atomic E-state index is 0.0525. The number of thiophene rings is 1. The van der Waals surface area contributed by atoms with E-state index in [1.54, 1.807) is 23.1 Å². The molecule has 3 N–H and O–H groups in total. The molecule has 1 fully saturated rings. The van der Waals surface area contributed by atoms with Crippen LogP contribution in [-0.4, -0.2) is 50.7 Å². The number of carbonyl (C=O) groups excluding carboxylic acids is 1. The zero-order chi connectivity index (χ0) is 20.0. The van der Waals surface area contributed by atoms with Gasteiger partial charge in [0.1, 0.15) is 16.5 Å². The molecule has 4 rings (SSSR count). The fourth-order valence-corrected chi connectivity index (χ4v) is 5.09. The lowest BCUT2D eigenvalue weighted by atomic mass is 9.90. The van der Waals surface area contributed by atoms with E-state index in [-0.39, 0.29) is 17.7 Å². The molecule has 148 valence electrons. The standard InChI is InChI=1S/C19H25N7OS/c1-10-11(2)28-19-16(10)17(20)23-15(24-19)9-26-7-13(12-5-22-25(4)6-12)14(8-26)18(27)21-3/h5-6,13-14H,7-9H2,1-4H3,(H,21,27)(H2,20,23,24)/t13-,14+/m1/s1. The quantitative estimate of drug-likeness (QED) is 0.691. The molecule has 3 aromatic heterocycles. The third-order valence-electron chi connectivity index (χ3n) is 5.60. The Morgan fingerprint density at radius 2 is 2.14 bits per heavy atom. The highest BCUT2D eigenvalue weighted by molar-refractivity contribution is 7.18. The molecule has 0 unspecified atom stereocenters. The van der Waals surface area contributed by atoms with Crippen LogP contribution in [0.5, 0.6) is 0 Å². The molecule has 4 heterocycles. The minimum Gasteiger partial charge on any atom is -0.383 e. The van der Waals surface area contributed by atoms with Crippen LogP contribution in [0.15, 0.2) is 12.4 Å². The van der Waals surface area contributed by atoms with Crippen molar-refractivity contribution >= 4 is 33.3 Å². The molecule has 9 heteroatoms. The number of hydrogen-bond acceptors (Lipinski definition) is 7. The highest BCUT2D eigenvalue weighted by Gasteiger charge is 2.39. The van der Waals surface area contributed by atoms with Crippen molar-refractivity contribution in [2.45, 2.75) is 26.3 Å². The molecule has 1 aliphatic rings. The Morgan fingerprint density at radius 1 is 1.36 bits per heavy atom. The first kappa shape index (κ1) is 18.8. The lowest BCUT2D eigenvalue weighted by Crippen LogP contribution is -2.32. The smallest absolute Gasteiger partial charge is 0.224 e. The van der Waals surface area contributed by atoms with E-state index in [1.807, 2.05) is 19.4 Å². The Hall–Kier alpha value is -2.52. The van der Waals surface area contributed by atoms with Crippen molar-refractivity contribution in [2.75, 3.05) is 25.9 Å². The van der Waals surface area contributed by atoms with Crippen LogP contribution in [-0.2, 0) is 18.4 Å². The number of likely N-dealkylation sites (tertiary alicyclic amines) is 1. The van der Waals surface area contributed by atoms with Gasteiger partial charge in [-0.1, -0.05) is 0 Å². The van der Waals surface area contributed by atoms with Crippen molar-refractivity contribution in [3.63, 3.8) is 0 Å². The molecule has 2 atom stereocenters. The molecule has 0 aliphatic carbocycles. The molecule has 0 aromatic carbocycles. The van der Waals surface area contributed by atoms with E-state index < -0.39 is 0 Å². The average Bonchev–Trinajstić information content (AvgIpc) is 3.33. The van der Waals surface area contributed by atoms with E-state index in [2.05, 4.69) is 34.1 Å². The molecular weight excluding hydrogens is 374 g/mol. The fourth-order valence-electron chi connectivity index (χ4n) is 4.03. The van der Waals surface area contributed by atoms with Crippen LogP contribution in [0.4, 0.5) is 5.82 Å². The number of amides is 1. The predicted molar refractivity (Wildman–Crippen MR) is 110 cm³/mol.